The summed E-state index contributed by atoms with van der Waals surface area (Å²) in [6, 6.07) is 7.23. The molecule has 1 unspecified atom stereocenters. The van der Waals surface area contributed by atoms with Gasteiger partial charge in [0.25, 0.3) is 0 Å². The molecule has 1 aromatic rings. The molecule has 1 rings (SSSR count). The van der Waals surface area contributed by atoms with Gasteiger partial charge in [0.05, 0.1) is 4.90 Å². The summed E-state index contributed by atoms with van der Waals surface area (Å²) in [5, 5.41) is 3.33. The minimum absolute atomic E-state index is 0.309. The van der Waals surface area contributed by atoms with E-state index in [1.165, 1.54) is 0 Å². The van der Waals surface area contributed by atoms with Crippen LogP contribution < -0.4 is 10.0 Å². The van der Waals surface area contributed by atoms with Crippen LogP contribution in [0.3, 0.4) is 0 Å². The zero-order valence-electron chi connectivity index (χ0n) is 11.6. The molecule has 0 heterocycles. The summed E-state index contributed by atoms with van der Waals surface area (Å²) < 4.78 is 26.3. The van der Waals surface area contributed by atoms with Crippen molar-refractivity contribution in [3.8, 4) is 0 Å². The SMILES string of the molecule is CCCNS(=O)(=O)c1ccc(NC(C)CSC)cc1. The Morgan fingerprint density at radius 1 is 1.26 bits per heavy atom. The third kappa shape index (κ3) is 5.42. The first-order valence-corrected chi connectivity index (χ1v) is 9.22. The van der Waals surface area contributed by atoms with Crippen LogP contribution in [-0.4, -0.2) is 33.0 Å². The van der Waals surface area contributed by atoms with Gasteiger partial charge in [-0.1, -0.05) is 6.92 Å². The number of thioether (sulfide) groups is 1. The molecule has 0 spiro atoms. The van der Waals surface area contributed by atoms with Crippen LogP contribution in [0.2, 0.25) is 0 Å². The number of nitrogens with one attached hydrogen (secondary N) is 2. The maximum absolute atomic E-state index is 11.9. The number of hydrogen-bond acceptors (Lipinski definition) is 4. The van der Waals surface area contributed by atoms with E-state index in [1.807, 2.05) is 6.92 Å². The zero-order chi connectivity index (χ0) is 14.3. The third-order valence-corrected chi connectivity index (χ3v) is 4.85. The minimum atomic E-state index is -3.36. The van der Waals surface area contributed by atoms with Crippen molar-refractivity contribution in [1.29, 1.82) is 0 Å². The van der Waals surface area contributed by atoms with Crippen molar-refractivity contribution < 1.29 is 8.42 Å². The highest BCUT2D eigenvalue weighted by molar-refractivity contribution is 7.98. The molecule has 108 valence electrons. The van der Waals surface area contributed by atoms with Crippen molar-refractivity contribution in [2.24, 2.45) is 0 Å². The molecule has 0 amide bonds. The van der Waals surface area contributed by atoms with Crippen molar-refractivity contribution in [1.82, 2.24) is 4.72 Å². The molecule has 0 aliphatic heterocycles. The second kappa shape index (κ2) is 7.77. The van der Waals surface area contributed by atoms with E-state index >= 15 is 0 Å². The highest BCUT2D eigenvalue weighted by Gasteiger charge is 2.12. The monoisotopic (exact) mass is 302 g/mol. The van der Waals surface area contributed by atoms with Crippen molar-refractivity contribution >= 4 is 27.5 Å². The fraction of sp³-hybridized carbons (Fsp3) is 0.538. The van der Waals surface area contributed by atoms with Gasteiger partial charge in [-0.3, -0.25) is 0 Å². The van der Waals surface area contributed by atoms with Crippen LogP contribution >= 0.6 is 11.8 Å². The van der Waals surface area contributed by atoms with Crippen LogP contribution in [0.1, 0.15) is 20.3 Å². The summed E-state index contributed by atoms with van der Waals surface area (Å²) >= 11 is 1.78. The normalized spacial score (nSPS) is 13.2. The van der Waals surface area contributed by atoms with Crippen LogP contribution in [0.4, 0.5) is 5.69 Å². The molecule has 0 aliphatic carbocycles. The summed E-state index contributed by atoms with van der Waals surface area (Å²) in [7, 11) is -3.36. The molecule has 0 saturated heterocycles. The van der Waals surface area contributed by atoms with Gasteiger partial charge in [-0.25, -0.2) is 13.1 Å². The van der Waals surface area contributed by atoms with Crippen molar-refractivity contribution in [3.63, 3.8) is 0 Å². The topological polar surface area (TPSA) is 58.2 Å². The zero-order valence-corrected chi connectivity index (χ0v) is 13.3. The first-order chi connectivity index (χ1) is 8.99. The Labute approximate surface area is 120 Å². The Bertz CT molecular complexity index is 472. The molecule has 1 atom stereocenters. The summed E-state index contributed by atoms with van der Waals surface area (Å²) in [6.45, 7) is 4.50. The lowest BCUT2D eigenvalue weighted by Gasteiger charge is -2.14. The average molecular weight is 302 g/mol. The number of anilines is 1. The van der Waals surface area contributed by atoms with Crippen LogP contribution in [-0.2, 0) is 10.0 Å². The van der Waals surface area contributed by atoms with E-state index < -0.39 is 10.0 Å². The number of hydrogen-bond donors (Lipinski definition) is 2. The van der Waals surface area contributed by atoms with Crippen molar-refractivity contribution in [3.05, 3.63) is 24.3 Å². The maximum atomic E-state index is 11.9. The Morgan fingerprint density at radius 3 is 2.42 bits per heavy atom. The van der Waals surface area contributed by atoms with Gasteiger partial charge >= 0.3 is 0 Å². The molecule has 6 heteroatoms. The predicted octanol–water partition coefficient (Wildman–Crippen LogP) is 2.54. The quantitative estimate of drug-likeness (QED) is 0.775. The molecule has 0 radical (unpaired) electrons. The van der Waals surface area contributed by atoms with E-state index in [2.05, 4.69) is 23.2 Å². The van der Waals surface area contributed by atoms with E-state index in [9.17, 15) is 8.42 Å². The summed E-state index contributed by atoms with van der Waals surface area (Å²) in [5.41, 5.74) is 0.941. The first-order valence-electron chi connectivity index (χ1n) is 6.34. The van der Waals surface area contributed by atoms with Crippen molar-refractivity contribution in [2.45, 2.75) is 31.2 Å². The van der Waals surface area contributed by atoms with E-state index in [0.717, 1.165) is 17.9 Å². The number of sulfonamides is 1. The number of benzene rings is 1. The molecule has 0 fully saturated rings. The van der Waals surface area contributed by atoms with Gasteiger partial charge in [0.1, 0.15) is 0 Å². The van der Waals surface area contributed by atoms with Gasteiger partial charge in [0.15, 0.2) is 0 Å². The molecule has 1 aromatic carbocycles. The molecule has 0 aromatic heterocycles. The molecule has 19 heavy (non-hydrogen) atoms. The molecule has 4 nitrogen and oxygen atoms in total. The van der Waals surface area contributed by atoms with Gasteiger partial charge in [0, 0.05) is 24.0 Å². The van der Waals surface area contributed by atoms with Gasteiger partial charge in [-0.05, 0) is 43.9 Å². The third-order valence-electron chi connectivity index (χ3n) is 2.54. The second-order valence-electron chi connectivity index (χ2n) is 4.42. The second-order valence-corrected chi connectivity index (χ2v) is 7.10. The van der Waals surface area contributed by atoms with Crippen LogP contribution in [0.5, 0.6) is 0 Å². The van der Waals surface area contributed by atoms with E-state index in [4.69, 9.17) is 0 Å². The minimum Gasteiger partial charge on any atom is -0.382 e. The Hall–Kier alpha value is -0.720. The molecule has 0 bridgehead atoms. The molecular formula is C13H22N2O2S2. The fourth-order valence-electron chi connectivity index (χ4n) is 1.63. The highest BCUT2D eigenvalue weighted by atomic mass is 32.2. The number of rotatable bonds is 8. The summed E-state index contributed by atoms with van der Waals surface area (Å²) in [4.78, 5) is 0.309. The van der Waals surface area contributed by atoms with Gasteiger partial charge in [-0.2, -0.15) is 11.8 Å². The summed E-state index contributed by atoms with van der Waals surface area (Å²) in [6.07, 6.45) is 2.85. The van der Waals surface area contributed by atoms with E-state index in [-0.39, 0.29) is 0 Å². The van der Waals surface area contributed by atoms with Gasteiger partial charge < -0.3 is 5.32 Å². The van der Waals surface area contributed by atoms with E-state index in [0.29, 0.717) is 17.5 Å². The molecule has 2 N–H and O–H groups in total. The Morgan fingerprint density at radius 2 is 1.89 bits per heavy atom. The average Bonchev–Trinajstić information content (AvgIpc) is 2.37. The largest absolute Gasteiger partial charge is 0.382 e. The first kappa shape index (κ1) is 16.3. The molecule has 0 saturated carbocycles. The standard InChI is InChI=1S/C13H22N2O2S2/c1-4-9-14-19(16,17)13-7-5-12(6-8-13)15-11(2)10-18-3/h5-8,11,14-15H,4,9-10H2,1-3H3. The lowest BCUT2D eigenvalue weighted by Crippen LogP contribution is -2.24. The van der Waals surface area contributed by atoms with Gasteiger partial charge in [0.2, 0.25) is 10.0 Å². The maximum Gasteiger partial charge on any atom is 0.240 e. The Balaban J connectivity index is 2.71. The fourth-order valence-corrected chi connectivity index (χ4v) is 3.34. The Kier molecular flexibility index (Phi) is 6.68. The lowest BCUT2D eigenvalue weighted by molar-refractivity contribution is 0.581. The summed E-state index contributed by atoms with van der Waals surface area (Å²) in [5.74, 6) is 1.01. The molecule has 0 aliphatic rings. The van der Waals surface area contributed by atoms with Crippen molar-refractivity contribution in [2.75, 3.05) is 23.9 Å². The molecular weight excluding hydrogens is 280 g/mol. The van der Waals surface area contributed by atoms with Crippen LogP contribution in [0.25, 0.3) is 0 Å². The predicted molar refractivity (Wildman–Crippen MR) is 83.4 cm³/mol. The van der Waals surface area contributed by atoms with E-state index in [1.54, 1.807) is 36.0 Å². The lowest BCUT2D eigenvalue weighted by atomic mass is 10.3. The smallest absolute Gasteiger partial charge is 0.240 e. The van der Waals surface area contributed by atoms with Gasteiger partial charge in [-0.15, -0.1) is 0 Å². The highest BCUT2D eigenvalue weighted by Crippen LogP contribution is 2.15. The van der Waals surface area contributed by atoms with Crippen LogP contribution in [0.15, 0.2) is 29.2 Å². The van der Waals surface area contributed by atoms with Crippen LogP contribution in [0, 0.1) is 0 Å².